The third-order valence-corrected chi connectivity index (χ3v) is 6.86. The lowest BCUT2D eigenvalue weighted by Gasteiger charge is -2.33. The van der Waals surface area contributed by atoms with Crippen molar-refractivity contribution in [2.45, 2.75) is 53.4 Å². The Hall–Kier alpha value is -3.19. The van der Waals surface area contributed by atoms with Crippen molar-refractivity contribution in [1.29, 1.82) is 0 Å². The normalized spacial score (nSPS) is 11.8. The maximum absolute atomic E-state index is 13.4. The van der Waals surface area contributed by atoms with Crippen LogP contribution in [0.15, 0.2) is 48.5 Å². The van der Waals surface area contributed by atoms with Crippen LogP contribution in [0.5, 0.6) is 5.75 Å². The standard InChI is InChI=1S/C29H34FNO4S/c1-18-24(19-8-12-21(30)13-9-19)25(27(33)34-7)26(36-18)31-23(32)16-35-22-14-10-20(11-15-22)29(5,6)17-28(2,3)4/h8-15H,16-17H2,1-7H3,(H,31,32). The number of carbonyl (C=O) groups excluding carboxylic acids is 2. The number of thiophene rings is 1. The van der Waals surface area contributed by atoms with E-state index in [4.69, 9.17) is 9.47 Å². The molecule has 1 N–H and O–H groups in total. The molecule has 3 rings (SSSR count). The Morgan fingerprint density at radius 3 is 2.14 bits per heavy atom. The second-order valence-corrected chi connectivity index (χ2v) is 11.9. The molecular formula is C29H34FNO4S. The van der Waals surface area contributed by atoms with E-state index in [9.17, 15) is 14.0 Å². The molecule has 0 atom stereocenters. The molecule has 0 unspecified atom stereocenters. The number of esters is 1. The number of carbonyl (C=O) groups is 2. The zero-order valence-corrected chi connectivity index (χ0v) is 22.8. The Morgan fingerprint density at radius 1 is 0.972 bits per heavy atom. The molecule has 0 radical (unpaired) electrons. The van der Waals surface area contributed by atoms with Crippen molar-refractivity contribution in [3.05, 3.63) is 70.4 Å². The third kappa shape index (κ3) is 6.72. The molecule has 1 heterocycles. The summed E-state index contributed by atoms with van der Waals surface area (Å²) >= 11 is 1.26. The number of anilines is 1. The molecule has 5 nitrogen and oxygen atoms in total. The summed E-state index contributed by atoms with van der Waals surface area (Å²) in [5.41, 5.74) is 2.94. The number of hydrogen-bond donors (Lipinski definition) is 1. The van der Waals surface area contributed by atoms with Gasteiger partial charge in [-0.05, 0) is 59.6 Å². The second kappa shape index (κ2) is 10.8. The van der Waals surface area contributed by atoms with Gasteiger partial charge in [0.15, 0.2) is 6.61 Å². The number of amides is 1. The van der Waals surface area contributed by atoms with Crippen molar-refractivity contribution in [1.82, 2.24) is 0 Å². The van der Waals surface area contributed by atoms with Gasteiger partial charge in [0.05, 0.1) is 7.11 Å². The molecule has 3 aromatic rings. The molecule has 0 spiro atoms. The van der Waals surface area contributed by atoms with Gasteiger partial charge in [0.25, 0.3) is 5.91 Å². The number of nitrogens with one attached hydrogen (secondary N) is 1. The molecule has 36 heavy (non-hydrogen) atoms. The highest BCUT2D eigenvalue weighted by molar-refractivity contribution is 7.17. The van der Waals surface area contributed by atoms with Crippen LogP contribution in [0.1, 0.15) is 61.8 Å². The summed E-state index contributed by atoms with van der Waals surface area (Å²) in [5.74, 6) is -0.765. The topological polar surface area (TPSA) is 64.6 Å². The molecule has 0 bridgehead atoms. The van der Waals surface area contributed by atoms with E-state index in [0.717, 1.165) is 11.3 Å². The molecule has 192 valence electrons. The van der Waals surface area contributed by atoms with Crippen molar-refractivity contribution in [3.63, 3.8) is 0 Å². The first-order valence-electron chi connectivity index (χ1n) is 11.8. The van der Waals surface area contributed by atoms with Crippen molar-refractivity contribution >= 4 is 28.2 Å². The third-order valence-electron chi connectivity index (χ3n) is 5.84. The van der Waals surface area contributed by atoms with Crippen LogP contribution < -0.4 is 10.1 Å². The van der Waals surface area contributed by atoms with Crippen molar-refractivity contribution < 1.29 is 23.5 Å². The fourth-order valence-electron chi connectivity index (χ4n) is 4.64. The van der Waals surface area contributed by atoms with E-state index in [2.05, 4.69) is 39.9 Å². The van der Waals surface area contributed by atoms with E-state index in [0.29, 0.717) is 21.9 Å². The molecule has 0 aliphatic rings. The average molecular weight is 512 g/mol. The lowest BCUT2D eigenvalue weighted by atomic mass is 9.72. The van der Waals surface area contributed by atoms with Crippen molar-refractivity contribution in [3.8, 4) is 16.9 Å². The molecule has 7 heteroatoms. The molecule has 1 aromatic heterocycles. The molecule has 0 saturated heterocycles. The predicted molar refractivity (Wildman–Crippen MR) is 143 cm³/mol. The molecular weight excluding hydrogens is 477 g/mol. The Kier molecular flexibility index (Phi) is 8.24. The van der Waals surface area contributed by atoms with E-state index in [1.165, 1.54) is 36.1 Å². The van der Waals surface area contributed by atoms with Gasteiger partial charge < -0.3 is 14.8 Å². The quantitative estimate of drug-likeness (QED) is 0.321. The van der Waals surface area contributed by atoms with Crippen LogP contribution in [0.2, 0.25) is 0 Å². The van der Waals surface area contributed by atoms with Gasteiger partial charge in [-0.2, -0.15) is 0 Å². The van der Waals surface area contributed by atoms with E-state index in [1.807, 2.05) is 31.2 Å². The van der Waals surface area contributed by atoms with Gasteiger partial charge >= 0.3 is 5.97 Å². The Bertz CT molecular complexity index is 1220. The molecule has 0 aliphatic carbocycles. The number of rotatable bonds is 8. The maximum Gasteiger partial charge on any atom is 0.341 e. The first kappa shape index (κ1) is 27.4. The Balaban J connectivity index is 1.72. The van der Waals surface area contributed by atoms with Gasteiger partial charge in [0.1, 0.15) is 22.1 Å². The van der Waals surface area contributed by atoms with Crippen LogP contribution in [-0.4, -0.2) is 25.6 Å². The molecule has 0 fully saturated rings. The lowest BCUT2D eigenvalue weighted by molar-refractivity contribution is -0.118. The summed E-state index contributed by atoms with van der Waals surface area (Å²) in [7, 11) is 1.28. The molecule has 1 amide bonds. The summed E-state index contributed by atoms with van der Waals surface area (Å²) < 4.78 is 24.1. The number of hydrogen-bond acceptors (Lipinski definition) is 5. The van der Waals surface area contributed by atoms with Crippen LogP contribution in [0, 0.1) is 18.2 Å². The zero-order chi connectivity index (χ0) is 26.7. The minimum Gasteiger partial charge on any atom is -0.484 e. The van der Waals surface area contributed by atoms with Crippen LogP contribution in [0.25, 0.3) is 11.1 Å². The Morgan fingerprint density at radius 2 is 1.58 bits per heavy atom. The van der Waals surface area contributed by atoms with Crippen LogP contribution in [0.3, 0.4) is 0 Å². The number of benzene rings is 2. The highest BCUT2D eigenvalue weighted by atomic mass is 32.1. The van der Waals surface area contributed by atoms with Gasteiger partial charge in [0, 0.05) is 10.4 Å². The van der Waals surface area contributed by atoms with Gasteiger partial charge in [-0.15, -0.1) is 11.3 Å². The largest absolute Gasteiger partial charge is 0.484 e. The summed E-state index contributed by atoms with van der Waals surface area (Å²) in [4.78, 5) is 26.1. The molecule has 2 aromatic carbocycles. The molecule has 0 aliphatic heterocycles. The molecule has 0 saturated carbocycles. The summed E-state index contributed by atoms with van der Waals surface area (Å²) in [6.45, 7) is 12.8. The average Bonchev–Trinajstić information content (AvgIpc) is 3.11. The van der Waals surface area contributed by atoms with Crippen LogP contribution >= 0.6 is 11.3 Å². The monoisotopic (exact) mass is 511 g/mol. The van der Waals surface area contributed by atoms with Crippen molar-refractivity contribution in [2.75, 3.05) is 19.0 Å². The minimum atomic E-state index is -0.580. The Labute approximate surface area is 216 Å². The van der Waals surface area contributed by atoms with Gasteiger partial charge in [-0.1, -0.05) is 58.9 Å². The first-order chi connectivity index (χ1) is 16.8. The van der Waals surface area contributed by atoms with E-state index in [-0.39, 0.29) is 28.8 Å². The number of methoxy groups -OCH3 is 1. The lowest BCUT2D eigenvalue weighted by Crippen LogP contribution is -2.24. The van der Waals surface area contributed by atoms with Gasteiger partial charge in [0.2, 0.25) is 0 Å². The van der Waals surface area contributed by atoms with Crippen LogP contribution in [-0.2, 0) is 14.9 Å². The fraction of sp³-hybridized carbons (Fsp3) is 0.379. The first-order valence-corrected chi connectivity index (χ1v) is 12.6. The van der Waals surface area contributed by atoms with Gasteiger partial charge in [-0.25, -0.2) is 9.18 Å². The number of halogens is 1. The second-order valence-electron chi connectivity index (χ2n) is 10.7. The smallest absolute Gasteiger partial charge is 0.341 e. The summed E-state index contributed by atoms with van der Waals surface area (Å²) in [5, 5.41) is 3.15. The van der Waals surface area contributed by atoms with E-state index < -0.39 is 11.9 Å². The van der Waals surface area contributed by atoms with Crippen molar-refractivity contribution in [2.24, 2.45) is 5.41 Å². The predicted octanol–water partition coefficient (Wildman–Crippen LogP) is 7.38. The number of aryl methyl sites for hydroxylation is 1. The SMILES string of the molecule is COC(=O)c1c(NC(=O)COc2ccc(C(C)(C)CC(C)(C)C)cc2)sc(C)c1-c1ccc(F)cc1. The zero-order valence-electron chi connectivity index (χ0n) is 22.0. The van der Waals surface area contributed by atoms with Crippen LogP contribution in [0.4, 0.5) is 9.39 Å². The fourth-order valence-corrected chi connectivity index (χ4v) is 5.72. The highest BCUT2D eigenvalue weighted by Gasteiger charge is 2.27. The highest BCUT2D eigenvalue weighted by Crippen LogP contribution is 2.40. The van der Waals surface area contributed by atoms with Gasteiger partial charge in [-0.3, -0.25) is 4.79 Å². The van der Waals surface area contributed by atoms with E-state index >= 15 is 0 Å². The maximum atomic E-state index is 13.4. The summed E-state index contributed by atoms with van der Waals surface area (Å²) in [6.07, 6.45) is 1.03. The minimum absolute atomic E-state index is 0.0116. The van der Waals surface area contributed by atoms with E-state index in [1.54, 1.807) is 12.1 Å². The summed E-state index contributed by atoms with van der Waals surface area (Å²) in [6, 6.07) is 13.7. The number of ether oxygens (including phenoxy) is 2.